The van der Waals surface area contributed by atoms with Gasteiger partial charge in [-0.05, 0) is 50.3 Å². The largest absolute Gasteiger partial charge is 0.393 e. The van der Waals surface area contributed by atoms with Gasteiger partial charge in [0.2, 0.25) is 0 Å². The van der Waals surface area contributed by atoms with Gasteiger partial charge in [0.1, 0.15) is 6.07 Å². The molecule has 0 radical (unpaired) electrons. The Kier molecular flexibility index (Phi) is 5.28. The predicted octanol–water partition coefficient (Wildman–Crippen LogP) is 3.73. The molecule has 1 fully saturated rings. The third kappa shape index (κ3) is 3.45. The van der Waals surface area contributed by atoms with Gasteiger partial charge in [0.05, 0.1) is 16.7 Å². The van der Waals surface area contributed by atoms with Gasteiger partial charge in [-0.25, -0.2) is 0 Å². The van der Waals surface area contributed by atoms with E-state index in [1.807, 2.05) is 12.1 Å². The number of hydrogen-bond acceptors (Lipinski definition) is 3. The highest BCUT2D eigenvalue weighted by atomic mass is 35.5. The molecule has 2 atom stereocenters. The van der Waals surface area contributed by atoms with E-state index in [4.69, 9.17) is 16.9 Å². The van der Waals surface area contributed by atoms with Crippen molar-refractivity contribution in [3.8, 4) is 6.07 Å². The van der Waals surface area contributed by atoms with Crippen molar-refractivity contribution < 1.29 is 5.11 Å². The molecular weight excluding hydrogens is 272 g/mol. The van der Waals surface area contributed by atoms with Crippen molar-refractivity contribution in [2.24, 2.45) is 0 Å². The van der Waals surface area contributed by atoms with Gasteiger partial charge in [-0.3, -0.25) is 0 Å². The Morgan fingerprint density at radius 1 is 1.45 bits per heavy atom. The minimum atomic E-state index is -0.193. The van der Waals surface area contributed by atoms with E-state index in [1.54, 1.807) is 6.07 Å². The van der Waals surface area contributed by atoms with Crippen LogP contribution in [0.2, 0.25) is 5.02 Å². The van der Waals surface area contributed by atoms with Crippen LogP contribution in [0.1, 0.15) is 44.6 Å². The molecule has 0 saturated heterocycles. The average Bonchev–Trinajstić information content (AvgIpc) is 2.44. The van der Waals surface area contributed by atoms with E-state index in [-0.39, 0.29) is 6.10 Å². The van der Waals surface area contributed by atoms with Crippen molar-refractivity contribution in [1.29, 1.82) is 5.26 Å². The Morgan fingerprint density at radius 3 is 2.85 bits per heavy atom. The van der Waals surface area contributed by atoms with Gasteiger partial charge in [-0.1, -0.05) is 18.5 Å². The van der Waals surface area contributed by atoms with Crippen LogP contribution in [0.5, 0.6) is 0 Å². The van der Waals surface area contributed by atoms with Crippen molar-refractivity contribution in [2.75, 3.05) is 11.4 Å². The molecule has 0 spiro atoms. The molecule has 1 aromatic rings. The number of hydrogen-bond donors (Lipinski definition) is 1. The fourth-order valence-corrected chi connectivity index (χ4v) is 3.18. The van der Waals surface area contributed by atoms with Gasteiger partial charge in [0.15, 0.2) is 0 Å². The molecule has 1 N–H and O–H groups in total. The number of benzene rings is 1. The molecule has 0 aromatic heterocycles. The molecule has 2 unspecified atom stereocenters. The lowest BCUT2D eigenvalue weighted by Gasteiger charge is -2.37. The normalized spacial score (nSPS) is 22.3. The van der Waals surface area contributed by atoms with Crippen molar-refractivity contribution in [1.82, 2.24) is 0 Å². The first-order valence-corrected chi connectivity index (χ1v) is 7.67. The fraction of sp³-hybridized carbons (Fsp3) is 0.562. The van der Waals surface area contributed by atoms with Gasteiger partial charge in [-0.15, -0.1) is 0 Å². The maximum absolute atomic E-state index is 9.88. The number of aliphatic hydroxyl groups is 1. The molecule has 2 rings (SSSR count). The number of rotatable bonds is 4. The van der Waals surface area contributed by atoms with Crippen LogP contribution < -0.4 is 4.90 Å². The van der Waals surface area contributed by atoms with E-state index in [9.17, 15) is 5.11 Å². The van der Waals surface area contributed by atoms with Crippen molar-refractivity contribution in [3.05, 3.63) is 28.8 Å². The standard InChI is InChI=1S/C16H21ClN2O/c1-2-8-19(13-4-3-5-15(20)9-13)14-7-6-12(11-18)16(17)10-14/h6-7,10,13,15,20H,2-5,8-9H2,1H3. The first-order chi connectivity index (χ1) is 9.65. The van der Waals surface area contributed by atoms with Crippen LogP contribution in [0.15, 0.2) is 18.2 Å². The third-order valence-corrected chi connectivity index (χ3v) is 4.24. The lowest BCUT2D eigenvalue weighted by molar-refractivity contribution is 0.118. The molecule has 0 bridgehead atoms. The van der Waals surface area contributed by atoms with E-state index in [2.05, 4.69) is 17.9 Å². The summed E-state index contributed by atoms with van der Waals surface area (Å²) in [5.41, 5.74) is 1.56. The van der Waals surface area contributed by atoms with Crippen LogP contribution in [-0.2, 0) is 0 Å². The van der Waals surface area contributed by atoms with Gasteiger partial charge >= 0.3 is 0 Å². The molecule has 1 saturated carbocycles. The lowest BCUT2D eigenvalue weighted by atomic mass is 9.91. The zero-order valence-electron chi connectivity index (χ0n) is 11.8. The SMILES string of the molecule is CCCN(c1ccc(C#N)c(Cl)c1)C1CCCC(O)C1. The summed E-state index contributed by atoms with van der Waals surface area (Å²) in [5, 5.41) is 19.3. The third-order valence-electron chi connectivity index (χ3n) is 3.93. The molecule has 1 aromatic carbocycles. The molecule has 20 heavy (non-hydrogen) atoms. The summed E-state index contributed by atoms with van der Waals surface area (Å²) in [6.07, 6.45) is 4.75. The molecule has 1 aliphatic rings. The minimum Gasteiger partial charge on any atom is -0.393 e. The fourth-order valence-electron chi connectivity index (χ4n) is 2.96. The van der Waals surface area contributed by atoms with Gasteiger partial charge in [0.25, 0.3) is 0 Å². The topological polar surface area (TPSA) is 47.3 Å². The monoisotopic (exact) mass is 292 g/mol. The smallest absolute Gasteiger partial charge is 0.101 e. The zero-order chi connectivity index (χ0) is 14.5. The highest BCUT2D eigenvalue weighted by Gasteiger charge is 2.25. The molecule has 3 nitrogen and oxygen atoms in total. The summed E-state index contributed by atoms with van der Waals surface area (Å²) in [6, 6.07) is 8.06. The van der Waals surface area contributed by atoms with E-state index < -0.39 is 0 Å². The second-order valence-corrected chi connectivity index (χ2v) is 5.85. The summed E-state index contributed by atoms with van der Waals surface area (Å²) in [5.74, 6) is 0. The van der Waals surface area contributed by atoms with Crippen LogP contribution in [0.25, 0.3) is 0 Å². The Balaban J connectivity index is 2.23. The van der Waals surface area contributed by atoms with Crippen LogP contribution in [0, 0.1) is 11.3 Å². The van der Waals surface area contributed by atoms with Crippen molar-refractivity contribution >= 4 is 17.3 Å². The van der Waals surface area contributed by atoms with Crippen molar-refractivity contribution in [2.45, 2.75) is 51.2 Å². The summed E-state index contributed by atoms with van der Waals surface area (Å²) in [7, 11) is 0. The molecule has 0 aliphatic heterocycles. The summed E-state index contributed by atoms with van der Waals surface area (Å²) in [6.45, 7) is 3.09. The summed E-state index contributed by atoms with van der Waals surface area (Å²) < 4.78 is 0. The second-order valence-electron chi connectivity index (χ2n) is 5.44. The number of nitrogens with zero attached hydrogens (tertiary/aromatic N) is 2. The molecule has 0 amide bonds. The maximum Gasteiger partial charge on any atom is 0.101 e. The van der Waals surface area contributed by atoms with Crippen LogP contribution in [0.3, 0.4) is 0 Å². The lowest BCUT2D eigenvalue weighted by Crippen LogP contribution is -2.40. The Labute approximate surface area is 125 Å². The van der Waals surface area contributed by atoms with Crippen LogP contribution in [-0.4, -0.2) is 23.8 Å². The van der Waals surface area contributed by atoms with Crippen LogP contribution in [0.4, 0.5) is 5.69 Å². The highest BCUT2D eigenvalue weighted by molar-refractivity contribution is 6.32. The Morgan fingerprint density at radius 2 is 2.25 bits per heavy atom. The van der Waals surface area contributed by atoms with E-state index in [0.717, 1.165) is 44.3 Å². The summed E-state index contributed by atoms with van der Waals surface area (Å²) in [4.78, 5) is 2.33. The van der Waals surface area contributed by atoms with E-state index in [0.29, 0.717) is 16.6 Å². The molecular formula is C16H21ClN2O. The Hall–Kier alpha value is -1.24. The van der Waals surface area contributed by atoms with E-state index in [1.165, 1.54) is 0 Å². The van der Waals surface area contributed by atoms with Gasteiger partial charge < -0.3 is 10.0 Å². The molecule has 1 aliphatic carbocycles. The van der Waals surface area contributed by atoms with Crippen molar-refractivity contribution in [3.63, 3.8) is 0 Å². The first-order valence-electron chi connectivity index (χ1n) is 7.30. The quantitative estimate of drug-likeness (QED) is 0.920. The molecule has 108 valence electrons. The zero-order valence-corrected chi connectivity index (χ0v) is 12.6. The minimum absolute atomic E-state index is 0.193. The average molecular weight is 293 g/mol. The van der Waals surface area contributed by atoms with Gasteiger partial charge in [-0.2, -0.15) is 5.26 Å². The van der Waals surface area contributed by atoms with E-state index >= 15 is 0 Å². The summed E-state index contributed by atoms with van der Waals surface area (Å²) >= 11 is 6.14. The second kappa shape index (κ2) is 6.97. The molecule has 0 heterocycles. The first kappa shape index (κ1) is 15.2. The van der Waals surface area contributed by atoms with Crippen LogP contribution >= 0.6 is 11.6 Å². The molecule has 4 heteroatoms. The number of nitriles is 1. The number of anilines is 1. The number of halogens is 1. The Bertz CT molecular complexity index is 498. The highest BCUT2D eigenvalue weighted by Crippen LogP contribution is 2.30. The maximum atomic E-state index is 9.88. The van der Waals surface area contributed by atoms with Gasteiger partial charge in [0, 0.05) is 18.3 Å². The number of aliphatic hydroxyl groups excluding tert-OH is 1. The predicted molar refractivity (Wildman–Crippen MR) is 82.1 cm³/mol.